The first-order valence-electron chi connectivity index (χ1n) is 11.7. The van der Waals surface area contributed by atoms with Gasteiger partial charge in [0.15, 0.2) is 11.9 Å². The molecule has 2 aromatic heterocycles. The number of methoxy groups -OCH3 is 1. The molecule has 38 heavy (non-hydrogen) atoms. The molecule has 16 nitrogen and oxygen atoms in total. The van der Waals surface area contributed by atoms with Crippen molar-refractivity contribution in [1.29, 1.82) is 0 Å². The summed E-state index contributed by atoms with van der Waals surface area (Å²) in [5.41, 5.74) is 1.36. The Balaban J connectivity index is 1.57. The van der Waals surface area contributed by atoms with Gasteiger partial charge in [-0.25, -0.2) is 10.2 Å². The molecule has 2 fully saturated rings. The van der Waals surface area contributed by atoms with Crippen molar-refractivity contribution in [1.82, 2.24) is 25.2 Å². The van der Waals surface area contributed by atoms with E-state index in [0.29, 0.717) is 17.1 Å². The number of ether oxygens (including phenoxy) is 3. The first-order chi connectivity index (χ1) is 17.9. The third kappa shape index (κ3) is 5.38. The molecular weight excluding hydrogens is 551 g/mol. The van der Waals surface area contributed by atoms with Crippen LogP contribution in [-0.4, -0.2) is 101 Å². The molecular formula is C20H30ClN6O10P. The van der Waals surface area contributed by atoms with E-state index in [1.165, 1.54) is 10.9 Å². The van der Waals surface area contributed by atoms with Gasteiger partial charge in [0.1, 0.15) is 24.1 Å². The molecule has 0 radical (unpaired) electrons. The van der Waals surface area contributed by atoms with Crippen LogP contribution in [0.5, 0.6) is 0 Å². The first-order valence-corrected chi connectivity index (χ1v) is 13.7. The van der Waals surface area contributed by atoms with Crippen LogP contribution in [-0.2, 0) is 23.6 Å². The molecule has 1 aliphatic heterocycles. The fourth-order valence-corrected chi connectivity index (χ4v) is 5.79. The summed E-state index contributed by atoms with van der Waals surface area (Å²) < 4.78 is 29.0. The zero-order chi connectivity index (χ0) is 27.8. The van der Waals surface area contributed by atoms with Gasteiger partial charge in [0.25, 0.3) is 11.2 Å². The molecule has 1 saturated carbocycles. The standard InChI is InChI=1S/C20H30ClN6O10P/c1-9-3-4-10(5-9)23-15-11-6-22-27(16(11)25-19(21)24-15)17-14(29)13(28)12(37-17)7-36-20(8-35-2,18(30)26-31)38(32,33)34/h6,9-10,12-14,17,28-29,31H,3-5,7-8H2,1-2H3,(H,26,30)(H,23,24,25)(H2,32,33,34)/t9?,10?,12-,13-,14-,17-,20?/m1/s1. The summed E-state index contributed by atoms with van der Waals surface area (Å²) in [5, 5.41) is 35.4. The summed E-state index contributed by atoms with van der Waals surface area (Å²) in [6, 6.07) is 0.191. The van der Waals surface area contributed by atoms with Gasteiger partial charge < -0.3 is 39.5 Å². The van der Waals surface area contributed by atoms with E-state index in [9.17, 15) is 29.4 Å². The third-order valence-corrected chi connectivity index (χ3v) is 8.37. The summed E-state index contributed by atoms with van der Waals surface area (Å²) in [5.74, 6) is -0.542. The van der Waals surface area contributed by atoms with Crippen LogP contribution in [0.1, 0.15) is 32.4 Å². The lowest BCUT2D eigenvalue weighted by Crippen LogP contribution is -2.52. The summed E-state index contributed by atoms with van der Waals surface area (Å²) in [7, 11) is -4.33. The zero-order valence-electron chi connectivity index (χ0n) is 20.5. The topological polar surface area (TPSA) is 231 Å². The van der Waals surface area contributed by atoms with Gasteiger partial charge >= 0.3 is 7.60 Å². The fourth-order valence-electron chi connectivity index (χ4n) is 4.77. The Bertz CT molecular complexity index is 1210. The Hall–Kier alpha value is -1.98. The summed E-state index contributed by atoms with van der Waals surface area (Å²) >= 11 is 6.16. The van der Waals surface area contributed by atoms with Gasteiger partial charge in [0.05, 0.1) is 24.8 Å². The van der Waals surface area contributed by atoms with Gasteiger partial charge in [-0.2, -0.15) is 15.1 Å². The van der Waals surface area contributed by atoms with E-state index in [-0.39, 0.29) is 17.0 Å². The maximum atomic E-state index is 12.2. The van der Waals surface area contributed by atoms with Crippen LogP contribution < -0.4 is 10.8 Å². The second-order valence-electron chi connectivity index (χ2n) is 9.49. The quantitative estimate of drug-likeness (QED) is 0.0831. The molecule has 3 heterocycles. The maximum Gasteiger partial charge on any atom is 0.369 e. The molecule has 2 aromatic rings. The van der Waals surface area contributed by atoms with Gasteiger partial charge in [-0.05, 0) is 36.8 Å². The number of hydrogen-bond donors (Lipinski definition) is 7. The Kier molecular flexibility index (Phi) is 8.59. The second kappa shape index (κ2) is 11.3. The molecule has 0 spiro atoms. The number of carbonyl (C=O) groups is 1. The highest BCUT2D eigenvalue weighted by atomic mass is 35.5. The van der Waals surface area contributed by atoms with Crippen molar-refractivity contribution in [2.45, 2.75) is 62.1 Å². The van der Waals surface area contributed by atoms with E-state index in [1.54, 1.807) is 0 Å². The largest absolute Gasteiger partial charge is 0.387 e. The molecule has 0 aromatic carbocycles. The van der Waals surface area contributed by atoms with E-state index in [0.717, 1.165) is 31.9 Å². The minimum Gasteiger partial charge on any atom is -0.387 e. The SMILES string of the molecule is COCC(OC[C@H]1O[C@@H](n2ncc3c(NC4CCC(C)C4)nc(Cl)nc32)[C@H](O)[C@@H]1O)(C(=O)NO)P(=O)(O)O. The molecule has 7 N–H and O–H groups in total. The van der Waals surface area contributed by atoms with Gasteiger partial charge in [-0.3, -0.25) is 14.6 Å². The summed E-state index contributed by atoms with van der Waals surface area (Å²) in [6.07, 6.45) is -1.42. The van der Waals surface area contributed by atoms with Gasteiger partial charge in [0.2, 0.25) is 5.28 Å². The van der Waals surface area contributed by atoms with Crippen molar-refractivity contribution >= 4 is 42.0 Å². The minimum atomic E-state index is -5.39. The highest BCUT2D eigenvalue weighted by Gasteiger charge is 2.57. The number of aliphatic hydroxyl groups is 2. The molecule has 2 aliphatic rings. The summed E-state index contributed by atoms with van der Waals surface area (Å²) in [4.78, 5) is 40.2. The van der Waals surface area contributed by atoms with E-state index in [2.05, 4.69) is 27.3 Å². The number of carbonyl (C=O) groups excluding carboxylic acids is 1. The van der Waals surface area contributed by atoms with Crippen molar-refractivity contribution in [3.05, 3.63) is 11.5 Å². The van der Waals surface area contributed by atoms with Crippen molar-refractivity contribution < 1.29 is 48.8 Å². The molecule has 4 rings (SSSR count). The highest BCUT2D eigenvalue weighted by molar-refractivity contribution is 7.54. The lowest BCUT2D eigenvalue weighted by Gasteiger charge is -2.32. The number of anilines is 1. The minimum absolute atomic E-state index is 0.0817. The Labute approximate surface area is 221 Å². The molecule has 1 saturated heterocycles. The Morgan fingerprint density at radius 1 is 1.32 bits per heavy atom. The van der Waals surface area contributed by atoms with Crippen LogP contribution in [0.4, 0.5) is 5.82 Å². The van der Waals surface area contributed by atoms with Gasteiger partial charge in [0, 0.05) is 13.2 Å². The lowest BCUT2D eigenvalue weighted by molar-refractivity contribution is -0.160. The molecule has 1 aliphatic carbocycles. The van der Waals surface area contributed by atoms with Crippen LogP contribution in [0.15, 0.2) is 6.20 Å². The lowest BCUT2D eigenvalue weighted by atomic mass is 10.1. The van der Waals surface area contributed by atoms with Crippen molar-refractivity contribution in [3.63, 3.8) is 0 Å². The predicted octanol–water partition coefficient (Wildman–Crippen LogP) is -0.258. The number of fused-ring (bicyclic) bond motifs is 1. The van der Waals surface area contributed by atoms with E-state index in [1.807, 2.05) is 0 Å². The number of hydrogen-bond acceptors (Lipinski definition) is 12. The monoisotopic (exact) mass is 580 g/mol. The van der Waals surface area contributed by atoms with Crippen molar-refractivity contribution in [3.8, 4) is 0 Å². The number of nitrogens with zero attached hydrogens (tertiary/aromatic N) is 4. The molecule has 7 atom stereocenters. The smallest absolute Gasteiger partial charge is 0.369 e. The first kappa shape index (κ1) is 29.0. The van der Waals surface area contributed by atoms with Gasteiger partial charge in [-0.15, -0.1) is 0 Å². The molecule has 18 heteroatoms. The average molecular weight is 581 g/mol. The number of amides is 1. The summed E-state index contributed by atoms with van der Waals surface area (Å²) in [6.45, 7) is 0.452. The normalized spacial score (nSPS) is 29.5. The van der Waals surface area contributed by atoms with Crippen LogP contribution in [0.3, 0.4) is 0 Å². The Morgan fingerprint density at radius 2 is 2.05 bits per heavy atom. The van der Waals surface area contributed by atoms with E-state index < -0.39 is 56.6 Å². The predicted molar refractivity (Wildman–Crippen MR) is 129 cm³/mol. The number of aromatic nitrogens is 4. The number of nitrogens with one attached hydrogen (secondary N) is 2. The maximum absolute atomic E-state index is 12.2. The van der Waals surface area contributed by atoms with Gasteiger partial charge in [-0.1, -0.05) is 6.92 Å². The number of halogens is 1. The molecule has 1 amide bonds. The molecule has 212 valence electrons. The number of hydroxylamine groups is 1. The third-order valence-electron chi connectivity index (χ3n) is 6.79. The second-order valence-corrected chi connectivity index (χ2v) is 11.6. The highest BCUT2D eigenvalue weighted by Crippen LogP contribution is 2.52. The van der Waals surface area contributed by atoms with Crippen LogP contribution in [0.25, 0.3) is 11.0 Å². The van der Waals surface area contributed by atoms with Crippen LogP contribution in [0, 0.1) is 5.92 Å². The fraction of sp³-hybridized carbons (Fsp3) is 0.700. The zero-order valence-corrected chi connectivity index (χ0v) is 22.1. The Morgan fingerprint density at radius 3 is 2.66 bits per heavy atom. The molecule has 3 unspecified atom stereocenters. The van der Waals surface area contributed by atoms with Crippen LogP contribution >= 0.6 is 19.2 Å². The van der Waals surface area contributed by atoms with Crippen LogP contribution in [0.2, 0.25) is 5.28 Å². The van der Waals surface area contributed by atoms with E-state index >= 15 is 0 Å². The number of rotatable bonds is 10. The number of aliphatic hydroxyl groups excluding tert-OH is 2. The molecule has 0 bridgehead atoms. The average Bonchev–Trinajstić information content (AvgIpc) is 3.53. The van der Waals surface area contributed by atoms with Crippen molar-refractivity contribution in [2.24, 2.45) is 5.92 Å². The van der Waals surface area contributed by atoms with Crippen molar-refractivity contribution in [2.75, 3.05) is 25.6 Å². The van der Waals surface area contributed by atoms with E-state index in [4.69, 9.17) is 31.0 Å².